The second-order valence-corrected chi connectivity index (χ2v) is 4.83. The number of hydrogen-bond acceptors (Lipinski definition) is 1. The van der Waals surface area contributed by atoms with Crippen LogP contribution in [0, 0.1) is 32.4 Å². The van der Waals surface area contributed by atoms with Gasteiger partial charge in [-0.25, -0.2) is 8.78 Å². The number of halogens is 2. The Balaban J connectivity index is 2.56. The van der Waals surface area contributed by atoms with Crippen molar-refractivity contribution in [3.05, 3.63) is 69.8 Å². The predicted molar refractivity (Wildman–Crippen MR) is 71.1 cm³/mol. The average molecular weight is 262 g/mol. The van der Waals surface area contributed by atoms with Crippen molar-refractivity contribution in [2.45, 2.75) is 26.9 Å². The molecule has 0 radical (unpaired) electrons. The summed E-state index contributed by atoms with van der Waals surface area (Å²) in [5, 5.41) is 10.4. The Morgan fingerprint density at radius 2 is 1.47 bits per heavy atom. The average Bonchev–Trinajstić information content (AvgIpc) is 2.33. The van der Waals surface area contributed by atoms with E-state index in [1.54, 1.807) is 6.92 Å². The number of aryl methyl sites for hydroxylation is 3. The Morgan fingerprint density at radius 1 is 0.895 bits per heavy atom. The third-order valence-corrected chi connectivity index (χ3v) is 3.39. The van der Waals surface area contributed by atoms with E-state index in [0.717, 1.165) is 17.2 Å². The van der Waals surface area contributed by atoms with Crippen LogP contribution in [0.4, 0.5) is 8.78 Å². The molecular formula is C16H16F2O. The summed E-state index contributed by atoms with van der Waals surface area (Å²) < 4.78 is 27.1. The van der Waals surface area contributed by atoms with Gasteiger partial charge in [-0.1, -0.05) is 18.2 Å². The maximum atomic E-state index is 13.8. The molecule has 1 atom stereocenters. The first-order chi connectivity index (χ1) is 8.91. The fourth-order valence-corrected chi connectivity index (χ4v) is 2.30. The molecule has 0 spiro atoms. The van der Waals surface area contributed by atoms with Gasteiger partial charge < -0.3 is 5.11 Å². The topological polar surface area (TPSA) is 20.2 Å². The molecule has 1 nitrogen and oxygen atoms in total. The fourth-order valence-electron chi connectivity index (χ4n) is 2.30. The summed E-state index contributed by atoms with van der Waals surface area (Å²) in [7, 11) is 0. The van der Waals surface area contributed by atoms with Gasteiger partial charge >= 0.3 is 0 Å². The lowest BCUT2D eigenvalue weighted by molar-refractivity contribution is 0.213. The molecule has 0 aliphatic carbocycles. The number of aliphatic hydroxyl groups excluding tert-OH is 1. The van der Waals surface area contributed by atoms with Gasteiger partial charge in [-0.3, -0.25) is 0 Å². The summed E-state index contributed by atoms with van der Waals surface area (Å²) in [5.74, 6) is -1.33. The van der Waals surface area contributed by atoms with E-state index < -0.39 is 17.7 Å². The van der Waals surface area contributed by atoms with Crippen LogP contribution in [0.1, 0.15) is 33.9 Å². The summed E-state index contributed by atoms with van der Waals surface area (Å²) in [5.41, 5.74) is 2.87. The number of benzene rings is 2. The van der Waals surface area contributed by atoms with Crippen LogP contribution >= 0.6 is 0 Å². The molecule has 0 saturated carbocycles. The van der Waals surface area contributed by atoms with Gasteiger partial charge in [0.2, 0.25) is 0 Å². The van der Waals surface area contributed by atoms with Crippen molar-refractivity contribution in [2.75, 3.05) is 0 Å². The highest BCUT2D eigenvalue weighted by molar-refractivity contribution is 5.41. The van der Waals surface area contributed by atoms with E-state index in [0.29, 0.717) is 11.1 Å². The van der Waals surface area contributed by atoms with Crippen LogP contribution in [0.15, 0.2) is 30.3 Å². The minimum Gasteiger partial charge on any atom is -0.384 e. The van der Waals surface area contributed by atoms with Gasteiger partial charge in [-0.2, -0.15) is 0 Å². The minimum absolute atomic E-state index is 0.108. The van der Waals surface area contributed by atoms with E-state index >= 15 is 0 Å². The number of hydrogen-bond donors (Lipinski definition) is 1. The van der Waals surface area contributed by atoms with E-state index in [1.807, 2.05) is 32.0 Å². The summed E-state index contributed by atoms with van der Waals surface area (Å²) in [6, 6.07) is 7.79. The molecule has 19 heavy (non-hydrogen) atoms. The second kappa shape index (κ2) is 5.10. The Labute approximate surface area is 111 Å². The summed E-state index contributed by atoms with van der Waals surface area (Å²) in [6.07, 6.45) is -1.08. The fraction of sp³-hybridized carbons (Fsp3) is 0.250. The minimum atomic E-state index is -1.08. The molecule has 0 bridgehead atoms. The first-order valence-electron chi connectivity index (χ1n) is 6.11. The molecule has 2 rings (SSSR count). The first kappa shape index (κ1) is 13.7. The van der Waals surface area contributed by atoms with Crippen molar-refractivity contribution in [1.29, 1.82) is 0 Å². The maximum absolute atomic E-state index is 13.8. The van der Waals surface area contributed by atoms with Gasteiger partial charge in [0.05, 0.1) is 0 Å². The standard InChI is InChI=1S/C16H16F2O/c1-9-5-4-6-10(2)15(9)16(19)12-7-11(3)13(17)8-14(12)18/h4-8,16,19H,1-3H3. The molecule has 3 heteroatoms. The van der Waals surface area contributed by atoms with Gasteiger partial charge in [0.1, 0.15) is 17.7 Å². The largest absolute Gasteiger partial charge is 0.384 e. The van der Waals surface area contributed by atoms with Crippen molar-refractivity contribution in [3.8, 4) is 0 Å². The quantitative estimate of drug-likeness (QED) is 0.868. The molecule has 2 aromatic rings. The molecule has 0 fully saturated rings. The van der Waals surface area contributed by atoms with Gasteiger partial charge in [0.15, 0.2) is 0 Å². The van der Waals surface area contributed by atoms with Crippen LogP contribution in [0.25, 0.3) is 0 Å². The zero-order valence-electron chi connectivity index (χ0n) is 11.2. The lowest BCUT2D eigenvalue weighted by Crippen LogP contribution is -2.07. The molecular weight excluding hydrogens is 246 g/mol. The van der Waals surface area contributed by atoms with Crippen LogP contribution in [0.5, 0.6) is 0 Å². The Bertz CT molecular complexity index is 600. The van der Waals surface area contributed by atoms with Crippen LogP contribution in [0.2, 0.25) is 0 Å². The normalized spacial score (nSPS) is 12.5. The van der Waals surface area contributed by atoms with Gasteiger partial charge in [0.25, 0.3) is 0 Å². The number of rotatable bonds is 2. The van der Waals surface area contributed by atoms with E-state index in [-0.39, 0.29) is 5.56 Å². The highest BCUT2D eigenvalue weighted by Crippen LogP contribution is 2.30. The van der Waals surface area contributed by atoms with Crippen LogP contribution in [0.3, 0.4) is 0 Å². The zero-order valence-corrected chi connectivity index (χ0v) is 11.2. The third-order valence-electron chi connectivity index (χ3n) is 3.39. The van der Waals surface area contributed by atoms with Crippen molar-refractivity contribution in [1.82, 2.24) is 0 Å². The molecule has 0 aromatic heterocycles. The Hall–Kier alpha value is -1.74. The highest BCUT2D eigenvalue weighted by atomic mass is 19.1. The van der Waals surface area contributed by atoms with Crippen LogP contribution in [-0.4, -0.2) is 5.11 Å². The van der Waals surface area contributed by atoms with Crippen molar-refractivity contribution < 1.29 is 13.9 Å². The summed E-state index contributed by atoms with van der Waals surface area (Å²) in [6.45, 7) is 5.27. The zero-order chi connectivity index (χ0) is 14.2. The van der Waals surface area contributed by atoms with Crippen molar-refractivity contribution in [3.63, 3.8) is 0 Å². The smallest absolute Gasteiger partial charge is 0.132 e. The summed E-state index contributed by atoms with van der Waals surface area (Å²) >= 11 is 0. The number of aliphatic hydroxyl groups is 1. The van der Waals surface area contributed by atoms with E-state index in [1.165, 1.54) is 6.07 Å². The molecule has 1 unspecified atom stereocenters. The monoisotopic (exact) mass is 262 g/mol. The Kier molecular flexibility index (Phi) is 3.67. The lowest BCUT2D eigenvalue weighted by Gasteiger charge is -2.18. The molecule has 0 aliphatic heterocycles. The van der Waals surface area contributed by atoms with Gasteiger partial charge in [0, 0.05) is 11.6 Å². The van der Waals surface area contributed by atoms with Crippen molar-refractivity contribution in [2.24, 2.45) is 0 Å². The molecule has 0 heterocycles. The maximum Gasteiger partial charge on any atom is 0.132 e. The lowest BCUT2D eigenvalue weighted by atomic mass is 9.92. The third kappa shape index (κ3) is 2.51. The molecule has 1 N–H and O–H groups in total. The molecule has 0 aliphatic rings. The molecule has 100 valence electrons. The summed E-state index contributed by atoms with van der Waals surface area (Å²) in [4.78, 5) is 0. The van der Waals surface area contributed by atoms with Crippen molar-refractivity contribution >= 4 is 0 Å². The SMILES string of the molecule is Cc1cc(C(O)c2c(C)cccc2C)c(F)cc1F. The second-order valence-electron chi connectivity index (χ2n) is 4.83. The molecule has 0 amide bonds. The molecule has 2 aromatic carbocycles. The first-order valence-corrected chi connectivity index (χ1v) is 6.11. The van der Waals surface area contributed by atoms with E-state index in [9.17, 15) is 13.9 Å². The molecule has 0 saturated heterocycles. The van der Waals surface area contributed by atoms with E-state index in [4.69, 9.17) is 0 Å². The van der Waals surface area contributed by atoms with Crippen LogP contribution < -0.4 is 0 Å². The van der Waals surface area contributed by atoms with Gasteiger partial charge in [-0.15, -0.1) is 0 Å². The predicted octanol–water partition coefficient (Wildman–Crippen LogP) is 3.97. The Morgan fingerprint density at radius 3 is 2.05 bits per heavy atom. The van der Waals surface area contributed by atoms with E-state index in [2.05, 4.69) is 0 Å². The van der Waals surface area contributed by atoms with Gasteiger partial charge in [-0.05, 0) is 49.1 Å². The highest BCUT2D eigenvalue weighted by Gasteiger charge is 2.20. The van der Waals surface area contributed by atoms with Crippen LogP contribution in [-0.2, 0) is 0 Å².